The maximum atomic E-state index is 12.8. The van der Waals surface area contributed by atoms with Crippen LogP contribution >= 0.6 is 0 Å². The fourth-order valence-corrected chi connectivity index (χ4v) is 5.63. The summed E-state index contributed by atoms with van der Waals surface area (Å²) in [6, 6.07) is 9.53. The molecule has 0 radical (unpaired) electrons. The lowest BCUT2D eigenvalue weighted by Crippen LogP contribution is -2.56. The van der Waals surface area contributed by atoms with Gasteiger partial charge in [0, 0.05) is 0 Å². The molecule has 11 nitrogen and oxygen atoms in total. The molecule has 2 aliphatic heterocycles. The number of hydrogen-bond acceptors (Lipinski definition) is 11. The molecule has 5 rings (SSSR count). The van der Waals surface area contributed by atoms with E-state index < -0.39 is 72.3 Å². The first-order valence-corrected chi connectivity index (χ1v) is 13.2. The number of benzene rings is 1. The van der Waals surface area contributed by atoms with Gasteiger partial charge in [-0.05, 0) is 45.4 Å². The van der Waals surface area contributed by atoms with Gasteiger partial charge in [-0.1, -0.05) is 30.3 Å². The molecule has 0 bridgehead atoms. The SMILES string of the molecule is COC(=O)C1=CC(O[C@@H]2C(OCc3ccccc3)C=C(C(=O)OC)C3OC(C)(C)OC32)[C@@H](O)C2OC(C)(C)OC12. The molecule has 1 aromatic carbocycles. The number of carbonyl (C=O) groups excluding carboxylic acids is 2. The molecule has 8 atom stereocenters. The molecule has 0 aromatic heterocycles. The van der Waals surface area contributed by atoms with Crippen LogP contribution in [0.1, 0.15) is 33.3 Å². The molecule has 1 aromatic rings. The first-order valence-electron chi connectivity index (χ1n) is 13.2. The Kier molecular flexibility index (Phi) is 7.92. The minimum absolute atomic E-state index is 0.178. The highest BCUT2D eigenvalue weighted by atomic mass is 16.8. The van der Waals surface area contributed by atoms with Crippen LogP contribution in [0, 0.1) is 0 Å². The first kappa shape index (κ1) is 28.9. The van der Waals surface area contributed by atoms with Crippen molar-refractivity contribution in [2.45, 2.75) is 94.7 Å². The Morgan fingerprint density at radius 2 is 1.32 bits per heavy atom. The van der Waals surface area contributed by atoms with Crippen molar-refractivity contribution in [2.24, 2.45) is 0 Å². The molecular weight excluding hydrogens is 524 g/mol. The zero-order chi connectivity index (χ0) is 28.8. The first-order chi connectivity index (χ1) is 18.9. The van der Waals surface area contributed by atoms with Crippen LogP contribution in [0.4, 0.5) is 0 Å². The van der Waals surface area contributed by atoms with Crippen LogP contribution in [0.2, 0.25) is 0 Å². The lowest BCUT2D eigenvalue weighted by Gasteiger charge is -2.40. The van der Waals surface area contributed by atoms with E-state index in [1.165, 1.54) is 20.3 Å². The average Bonchev–Trinajstić information content (AvgIpc) is 3.43. The highest BCUT2D eigenvalue weighted by Gasteiger charge is 2.57. The van der Waals surface area contributed by atoms with Crippen LogP contribution in [0.5, 0.6) is 0 Å². The van der Waals surface area contributed by atoms with Gasteiger partial charge in [0.25, 0.3) is 0 Å². The van der Waals surface area contributed by atoms with E-state index in [4.69, 9.17) is 37.9 Å². The van der Waals surface area contributed by atoms with Gasteiger partial charge in [-0.25, -0.2) is 9.59 Å². The Balaban J connectivity index is 1.50. The van der Waals surface area contributed by atoms with Crippen molar-refractivity contribution in [1.82, 2.24) is 0 Å². The van der Waals surface area contributed by atoms with Crippen LogP contribution in [-0.4, -0.2) is 91.7 Å². The number of esters is 2. The van der Waals surface area contributed by atoms with Gasteiger partial charge >= 0.3 is 11.9 Å². The Morgan fingerprint density at radius 3 is 1.90 bits per heavy atom. The number of fused-ring (bicyclic) bond motifs is 2. The van der Waals surface area contributed by atoms with E-state index in [0.29, 0.717) is 0 Å². The fourth-order valence-electron chi connectivity index (χ4n) is 5.63. The third-order valence-electron chi connectivity index (χ3n) is 7.32. The third kappa shape index (κ3) is 5.60. The van der Waals surface area contributed by atoms with E-state index in [9.17, 15) is 14.7 Å². The molecule has 0 spiro atoms. The summed E-state index contributed by atoms with van der Waals surface area (Å²) in [5.41, 5.74) is 1.34. The molecule has 6 unspecified atom stereocenters. The highest BCUT2D eigenvalue weighted by Crippen LogP contribution is 2.43. The summed E-state index contributed by atoms with van der Waals surface area (Å²) in [5.74, 6) is -3.28. The van der Waals surface area contributed by atoms with E-state index in [1.54, 1.807) is 33.8 Å². The van der Waals surface area contributed by atoms with E-state index in [1.807, 2.05) is 30.3 Å². The maximum Gasteiger partial charge on any atom is 0.336 e. The second kappa shape index (κ2) is 11.0. The predicted molar refractivity (Wildman–Crippen MR) is 138 cm³/mol. The quantitative estimate of drug-likeness (QED) is 0.492. The van der Waals surface area contributed by atoms with Gasteiger partial charge < -0.3 is 43.0 Å². The van der Waals surface area contributed by atoms with Gasteiger partial charge in [0.15, 0.2) is 11.6 Å². The second-order valence-corrected chi connectivity index (χ2v) is 11.1. The van der Waals surface area contributed by atoms with Crippen molar-refractivity contribution in [2.75, 3.05) is 14.2 Å². The van der Waals surface area contributed by atoms with Gasteiger partial charge in [0.1, 0.15) is 48.8 Å². The lowest BCUT2D eigenvalue weighted by molar-refractivity contribution is -0.198. The van der Waals surface area contributed by atoms with E-state index >= 15 is 0 Å². The van der Waals surface area contributed by atoms with Gasteiger partial charge in [0.2, 0.25) is 0 Å². The highest BCUT2D eigenvalue weighted by molar-refractivity contribution is 5.90. The van der Waals surface area contributed by atoms with Crippen molar-refractivity contribution >= 4 is 11.9 Å². The molecule has 0 saturated carbocycles. The molecule has 2 fully saturated rings. The number of ether oxygens (including phenoxy) is 8. The Bertz CT molecular complexity index is 1170. The molecular formula is C29H36O11. The van der Waals surface area contributed by atoms with Gasteiger partial charge in [-0.15, -0.1) is 0 Å². The van der Waals surface area contributed by atoms with Gasteiger partial charge in [-0.3, -0.25) is 0 Å². The Hall–Kier alpha value is -2.64. The van der Waals surface area contributed by atoms with Crippen LogP contribution in [0.15, 0.2) is 53.6 Å². The molecule has 11 heteroatoms. The van der Waals surface area contributed by atoms with E-state index in [0.717, 1.165) is 5.56 Å². The summed E-state index contributed by atoms with van der Waals surface area (Å²) >= 11 is 0. The van der Waals surface area contributed by atoms with E-state index in [2.05, 4.69) is 0 Å². The van der Waals surface area contributed by atoms with Crippen LogP contribution < -0.4 is 0 Å². The number of aliphatic hydroxyl groups excluding tert-OH is 1. The number of hydrogen-bond donors (Lipinski definition) is 1. The molecule has 2 saturated heterocycles. The maximum absolute atomic E-state index is 12.8. The smallest absolute Gasteiger partial charge is 0.336 e. The normalized spacial score (nSPS) is 35.7. The topological polar surface area (TPSA) is 128 Å². The van der Waals surface area contributed by atoms with Crippen LogP contribution in [0.25, 0.3) is 0 Å². The molecule has 2 aliphatic carbocycles. The zero-order valence-corrected chi connectivity index (χ0v) is 23.4. The monoisotopic (exact) mass is 560 g/mol. The molecule has 4 aliphatic rings. The van der Waals surface area contributed by atoms with Crippen molar-refractivity contribution in [3.8, 4) is 0 Å². The Morgan fingerprint density at radius 1 is 0.800 bits per heavy atom. The van der Waals surface area contributed by atoms with Crippen LogP contribution in [0.3, 0.4) is 0 Å². The number of rotatable bonds is 7. The molecule has 2 heterocycles. The molecule has 0 amide bonds. The summed E-state index contributed by atoms with van der Waals surface area (Å²) < 4.78 is 47.0. The fraction of sp³-hybridized carbons (Fsp3) is 0.586. The summed E-state index contributed by atoms with van der Waals surface area (Å²) in [6.45, 7) is 7.08. The summed E-state index contributed by atoms with van der Waals surface area (Å²) in [6.07, 6.45) is -4.11. The van der Waals surface area contributed by atoms with Crippen molar-refractivity contribution < 1.29 is 52.6 Å². The third-order valence-corrected chi connectivity index (χ3v) is 7.32. The standard InChI is InChI=1S/C29H36O11/c1-28(2)37-21-16(26(31)33-5)12-18(20(30)24(21)39-28)36-23-19(35-14-15-10-8-7-9-11-15)13-17(27(32)34-6)22-25(23)40-29(3,4)38-22/h7-13,18-25,30H,14H2,1-6H3/t18?,19?,20-,21?,22?,23-,24?,25?/m1/s1. The second-order valence-electron chi connectivity index (χ2n) is 11.1. The van der Waals surface area contributed by atoms with Crippen molar-refractivity contribution in [1.29, 1.82) is 0 Å². The molecule has 1 N–H and O–H groups in total. The lowest BCUT2D eigenvalue weighted by atomic mass is 9.87. The minimum Gasteiger partial charge on any atom is -0.466 e. The van der Waals surface area contributed by atoms with Crippen molar-refractivity contribution in [3.63, 3.8) is 0 Å². The number of carbonyl (C=O) groups is 2. The minimum atomic E-state index is -1.20. The number of aliphatic hydroxyl groups is 1. The largest absolute Gasteiger partial charge is 0.466 e. The molecule has 218 valence electrons. The zero-order valence-electron chi connectivity index (χ0n) is 23.4. The number of methoxy groups -OCH3 is 2. The summed E-state index contributed by atoms with van der Waals surface area (Å²) in [7, 11) is 2.56. The summed E-state index contributed by atoms with van der Waals surface area (Å²) in [4.78, 5) is 25.5. The van der Waals surface area contributed by atoms with E-state index in [-0.39, 0.29) is 17.8 Å². The summed E-state index contributed by atoms with van der Waals surface area (Å²) in [5, 5.41) is 11.4. The Labute approximate surface area is 232 Å². The van der Waals surface area contributed by atoms with Crippen molar-refractivity contribution in [3.05, 3.63) is 59.2 Å². The molecule has 40 heavy (non-hydrogen) atoms. The van der Waals surface area contributed by atoms with Crippen LogP contribution in [-0.2, 0) is 54.1 Å². The van der Waals surface area contributed by atoms with Gasteiger partial charge in [0.05, 0.1) is 32.0 Å². The van der Waals surface area contributed by atoms with Gasteiger partial charge in [-0.2, -0.15) is 0 Å². The average molecular weight is 561 g/mol. The predicted octanol–water partition coefficient (Wildman–Crippen LogP) is 1.95.